The predicted molar refractivity (Wildman–Crippen MR) is 85.7 cm³/mol. The molecule has 0 bridgehead atoms. The SMILES string of the molecule is CCCC(CBr)(CCC)CN(C)c1cccc(F)c1. The van der Waals surface area contributed by atoms with Gasteiger partial charge in [-0.05, 0) is 36.5 Å². The standard InChI is InChI=1S/C16H25BrFN/c1-4-9-16(12-17,10-5-2)13-19(3)15-8-6-7-14(18)11-15/h6-8,11H,4-5,9-10,12-13H2,1-3H3. The summed E-state index contributed by atoms with van der Waals surface area (Å²) in [6, 6.07) is 6.85. The summed E-state index contributed by atoms with van der Waals surface area (Å²) in [5.74, 6) is -0.167. The topological polar surface area (TPSA) is 3.24 Å². The minimum absolute atomic E-state index is 0.167. The fourth-order valence-electron chi connectivity index (χ4n) is 2.83. The number of hydrogen-bond donors (Lipinski definition) is 0. The lowest BCUT2D eigenvalue weighted by atomic mass is 9.80. The maximum Gasteiger partial charge on any atom is 0.125 e. The van der Waals surface area contributed by atoms with E-state index in [4.69, 9.17) is 0 Å². The molecular formula is C16H25BrFN. The monoisotopic (exact) mass is 329 g/mol. The van der Waals surface area contributed by atoms with Gasteiger partial charge < -0.3 is 4.90 Å². The van der Waals surface area contributed by atoms with Crippen LogP contribution in [0.1, 0.15) is 39.5 Å². The van der Waals surface area contributed by atoms with Gasteiger partial charge in [0.1, 0.15) is 5.82 Å². The van der Waals surface area contributed by atoms with Crippen LogP contribution in [0, 0.1) is 11.2 Å². The quantitative estimate of drug-likeness (QED) is 0.589. The minimum atomic E-state index is -0.167. The summed E-state index contributed by atoms with van der Waals surface area (Å²) in [6.45, 7) is 5.42. The third kappa shape index (κ3) is 4.79. The van der Waals surface area contributed by atoms with Gasteiger partial charge in [-0.15, -0.1) is 0 Å². The maximum absolute atomic E-state index is 13.3. The Bertz CT molecular complexity index is 375. The maximum atomic E-state index is 13.3. The summed E-state index contributed by atoms with van der Waals surface area (Å²) in [7, 11) is 2.05. The molecule has 19 heavy (non-hydrogen) atoms. The fraction of sp³-hybridized carbons (Fsp3) is 0.625. The number of halogens is 2. The molecule has 0 radical (unpaired) electrons. The van der Waals surface area contributed by atoms with E-state index in [1.54, 1.807) is 12.1 Å². The molecule has 0 saturated heterocycles. The van der Waals surface area contributed by atoms with Crippen molar-refractivity contribution in [3.05, 3.63) is 30.1 Å². The lowest BCUT2D eigenvalue weighted by Crippen LogP contribution is -2.37. The average Bonchev–Trinajstić information content (AvgIpc) is 2.39. The lowest BCUT2D eigenvalue weighted by molar-refractivity contribution is 0.283. The van der Waals surface area contributed by atoms with Crippen LogP contribution in [0.2, 0.25) is 0 Å². The molecule has 0 aliphatic rings. The average molecular weight is 330 g/mol. The van der Waals surface area contributed by atoms with Gasteiger partial charge in [-0.25, -0.2) is 4.39 Å². The van der Waals surface area contributed by atoms with E-state index in [1.165, 1.54) is 31.7 Å². The van der Waals surface area contributed by atoms with E-state index in [2.05, 4.69) is 41.7 Å². The van der Waals surface area contributed by atoms with Gasteiger partial charge in [-0.3, -0.25) is 0 Å². The highest BCUT2D eigenvalue weighted by Gasteiger charge is 2.28. The summed E-state index contributed by atoms with van der Waals surface area (Å²) in [4.78, 5) is 2.18. The molecule has 0 fully saturated rings. The zero-order chi connectivity index (χ0) is 14.3. The Kier molecular flexibility index (Phi) is 6.84. The van der Waals surface area contributed by atoms with Crippen LogP contribution in [0.3, 0.4) is 0 Å². The number of nitrogens with zero attached hydrogens (tertiary/aromatic N) is 1. The Morgan fingerprint density at radius 3 is 2.32 bits per heavy atom. The molecule has 1 rings (SSSR count). The first-order valence-electron chi connectivity index (χ1n) is 7.09. The first-order chi connectivity index (χ1) is 9.06. The molecule has 0 aromatic heterocycles. The van der Waals surface area contributed by atoms with Crippen LogP contribution in [-0.4, -0.2) is 18.9 Å². The summed E-state index contributed by atoms with van der Waals surface area (Å²) < 4.78 is 13.3. The van der Waals surface area contributed by atoms with Crippen LogP contribution in [0.25, 0.3) is 0 Å². The second-order valence-corrected chi connectivity index (χ2v) is 6.03. The molecule has 0 amide bonds. The largest absolute Gasteiger partial charge is 0.374 e. The van der Waals surface area contributed by atoms with Crippen LogP contribution >= 0.6 is 15.9 Å². The molecule has 0 heterocycles. The molecule has 0 atom stereocenters. The Hall–Kier alpha value is -0.570. The molecular weight excluding hydrogens is 305 g/mol. The molecule has 0 unspecified atom stereocenters. The van der Waals surface area contributed by atoms with E-state index < -0.39 is 0 Å². The van der Waals surface area contributed by atoms with Crippen molar-refractivity contribution in [2.24, 2.45) is 5.41 Å². The van der Waals surface area contributed by atoms with Crippen LogP contribution in [0.15, 0.2) is 24.3 Å². The van der Waals surface area contributed by atoms with E-state index in [-0.39, 0.29) is 11.2 Å². The molecule has 0 N–H and O–H groups in total. The first kappa shape index (κ1) is 16.5. The Morgan fingerprint density at radius 2 is 1.84 bits per heavy atom. The van der Waals surface area contributed by atoms with Crippen LogP contribution < -0.4 is 4.90 Å². The third-order valence-corrected chi connectivity index (χ3v) is 4.86. The van der Waals surface area contributed by atoms with Gasteiger partial charge in [-0.1, -0.05) is 48.7 Å². The molecule has 1 nitrogen and oxygen atoms in total. The molecule has 0 aliphatic heterocycles. The smallest absolute Gasteiger partial charge is 0.125 e. The highest BCUT2D eigenvalue weighted by Crippen LogP contribution is 2.34. The first-order valence-corrected chi connectivity index (χ1v) is 8.21. The van der Waals surface area contributed by atoms with Gasteiger partial charge >= 0.3 is 0 Å². The zero-order valence-electron chi connectivity index (χ0n) is 12.3. The van der Waals surface area contributed by atoms with Gasteiger partial charge in [0.2, 0.25) is 0 Å². The molecule has 0 saturated carbocycles. The van der Waals surface area contributed by atoms with Gasteiger partial charge in [0.15, 0.2) is 0 Å². The van der Waals surface area contributed by atoms with Crippen molar-refractivity contribution in [1.29, 1.82) is 0 Å². The van der Waals surface area contributed by atoms with Crippen LogP contribution in [-0.2, 0) is 0 Å². The van der Waals surface area contributed by atoms with Crippen molar-refractivity contribution in [2.45, 2.75) is 39.5 Å². The van der Waals surface area contributed by atoms with Gasteiger partial charge in [-0.2, -0.15) is 0 Å². The van der Waals surface area contributed by atoms with E-state index in [0.717, 1.165) is 17.6 Å². The number of benzene rings is 1. The Balaban J connectivity index is 2.83. The summed E-state index contributed by atoms with van der Waals surface area (Å²) in [5.41, 5.74) is 1.24. The van der Waals surface area contributed by atoms with Gasteiger partial charge in [0.25, 0.3) is 0 Å². The summed E-state index contributed by atoms with van der Waals surface area (Å²) >= 11 is 3.69. The number of alkyl halides is 1. The van der Waals surface area contributed by atoms with Crippen molar-refractivity contribution in [1.82, 2.24) is 0 Å². The number of anilines is 1. The normalized spacial score (nSPS) is 11.6. The molecule has 0 aliphatic carbocycles. The fourth-order valence-corrected chi connectivity index (χ4v) is 3.57. The summed E-state index contributed by atoms with van der Waals surface area (Å²) in [6.07, 6.45) is 4.77. The second-order valence-electron chi connectivity index (χ2n) is 5.47. The molecule has 3 heteroatoms. The highest BCUT2D eigenvalue weighted by molar-refractivity contribution is 9.09. The van der Waals surface area contributed by atoms with E-state index in [1.807, 2.05) is 6.07 Å². The Labute approximate surface area is 125 Å². The van der Waals surface area contributed by atoms with Crippen molar-refractivity contribution in [3.63, 3.8) is 0 Å². The molecule has 1 aromatic rings. The lowest BCUT2D eigenvalue weighted by Gasteiger charge is -2.36. The van der Waals surface area contributed by atoms with Crippen molar-refractivity contribution >= 4 is 21.6 Å². The molecule has 1 aromatic carbocycles. The number of rotatable bonds is 8. The van der Waals surface area contributed by atoms with Crippen molar-refractivity contribution in [2.75, 3.05) is 23.8 Å². The minimum Gasteiger partial charge on any atom is -0.374 e. The summed E-state index contributed by atoms with van der Waals surface area (Å²) in [5, 5.41) is 1.00. The van der Waals surface area contributed by atoms with Crippen LogP contribution in [0.5, 0.6) is 0 Å². The number of hydrogen-bond acceptors (Lipinski definition) is 1. The van der Waals surface area contributed by atoms with Gasteiger partial charge in [0, 0.05) is 24.6 Å². The second kappa shape index (κ2) is 7.88. The van der Waals surface area contributed by atoms with Crippen molar-refractivity contribution in [3.8, 4) is 0 Å². The van der Waals surface area contributed by atoms with E-state index >= 15 is 0 Å². The third-order valence-electron chi connectivity index (χ3n) is 3.67. The van der Waals surface area contributed by atoms with Crippen LogP contribution in [0.4, 0.5) is 10.1 Å². The predicted octanol–water partition coefficient (Wildman–Crippen LogP) is 5.24. The Morgan fingerprint density at radius 1 is 1.21 bits per heavy atom. The highest BCUT2D eigenvalue weighted by atomic mass is 79.9. The van der Waals surface area contributed by atoms with Crippen molar-refractivity contribution < 1.29 is 4.39 Å². The zero-order valence-corrected chi connectivity index (χ0v) is 13.8. The van der Waals surface area contributed by atoms with E-state index in [9.17, 15) is 4.39 Å². The van der Waals surface area contributed by atoms with Gasteiger partial charge in [0.05, 0.1) is 0 Å². The molecule has 0 spiro atoms. The van der Waals surface area contributed by atoms with E-state index in [0.29, 0.717) is 0 Å². The molecule has 108 valence electrons.